The first-order valence-electron chi connectivity index (χ1n) is 2.62. The molecule has 5 heteroatoms. The molecule has 3 N–H and O–H groups in total. The number of hydrogen-bond acceptors (Lipinski definition) is 4. The molecule has 1 aromatic rings. The molecule has 0 spiro atoms. The van der Waals surface area contributed by atoms with Crippen LogP contribution in [0, 0.1) is 0 Å². The summed E-state index contributed by atoms with van der Waals surface area (Å²) in [6.07, 6.45) is 1.50. The van der Waals surface area contributed by atoms with Gasteiger partial charge < -0.3 is 10.5 Å². The summed E-state index contributed by atoms with van der Waals surface area (Å²) in [5, 5.41) is 9.59. The van der Waals surface area contributed by atoms with E-state index in [1.165, 1.54) is 6.20 Å². The molecule has 1 rings (SSSR count). The second-order valence-corrected chi connectivity index (χ2v) is 1.45. The van der Waals surface area contributed by atoms with Gasteiger partial charge in [-0.25, -0.2) is 0 Å². The predicted molar refractivity (Wildman–Crippen MR) is 30.9 cm³/mol. The van der Waals surface area contributed by atoms with E-state index in [1.54, 1.807) is 0 Å². The summed E-state index contributed by atoms with van der Waals surface area (Å²) in [7, 11) is 0. The van der Waals surface area contributed by atoms with E-state index >= 15 is 0 Å². The molecule has 0 unspecified atom stereocenters. The van der Waals surface area contributed by atoms with Crippen LogP contribution in [-0.4, -0.2) is 28.6 Å². The maximum Gasteiger partial charge on any atom is 0.253 e. The maximum atomic E-state index is 5.16. The summed E-state index contributed by atoms with van der Waals surface area (Å²) in [6, 6.07) is 0. The van der Waals surface area contributed by atoms with Crippen molar-refractivity contribution >= 4 is 0 Å². The first kappa shape index (κ1) is 6.03. The standard InChI is InChI=1S/C4H8N4O/c5-1-2-9-4-3-6-8-7-4/h3H,1-2,5H2,(H,6,7,8). The minimum atomic E-state index is 0.479. The largest absolute Gasteiger partial charge is 0.474 e. The van der Waals surface area contributed by atoms with Gasteiger partial charge in [0, 0.05) is 6.54 Å². The molecule has 0 aliphatic rings. The van der Waals surface area contributed by atoms with Crippen molar-refractivity contribution in [2.24, 2.45) is 5.73 Å². The number of ether oxygens (including phenoxy) is 1. The van der Waals surface area contributed by atoms with Gasteiger partial charge in [0.1, 0.15) is 12.8 Å². The summed E-state index contributed by atoms with van der Waals surface area (Å²) in [4.78, 5) is 0. The monoisotopic (exact) mass is 128 g/mol. The molecule has 0 fully saturated rings. The average molecular weight is 128 g/mol. The smallest absolute Gasteiger partial charge is 0.253 e. The number of nitrogens with one attached hydrogen (secondary N) is 1. The van der Waals surface area contributed by atoms with Gasteiger partial charge in [-0.05, 0) is 0 Å². The highest BCUT2D eigenvalue weighted by molar-refractivity contribution is 4.96. The molecule has 50 valence electrons. The molecule has 5 nitrogen and oxygen atoms in total. The van der Waals surface area contributed by atoms with Crippen LogP contribution in [-0.2, 0) is 0 Å². The second kappa shape index (κ2) is 3.03. The SMILES string of the molecule is NCCOc1cn[nH]n1. The van der Waals surface area contributed by atoms with Gasteiger partial charge in [-0.3, -0.25) is 0 Å². The second-order valence-electron chi connectivity index (χ2n) is 1.45. The van der Waals surface area contributed by atoms with Crippen LogP contribution in [0.5, 0.6) is 5.88 Å². The van der Waals surface area contributed by atoms with Crippen molar-refractivity contribution in [1.82, 2.24) is 15.4 Å². The highest BCUT2D eigenvalue weighted by Gasteiger charge is 1.91. The van der Waals surface area contributed by atoms with E-state index in [0.717, 1.165) is 0 Å². The quantitative estimate of drug-likeness (QED) is 0.555. The highest BCUT2D eigenvalue weighted by Crippen LogP contribution is 1.97. The van der Waals surface area contributed by atoms with Crippen LogP contribution in [0.3, 0.4) is 0 Å². The molecule has 0 radical (unpaired) electrons. The molecule has 0 amide bonds. The Labute approximate surface area is 52.2 Å². The van der Waals surface area contributed by atoms with E-state index in [2.05, 4.69) is 15.4 Å². The molecule has 0 bridgehead atoms. The van der Waals surface area contributed by atoms with E-state index in [-0.39, 0.29) is 0 Å². The van der Waals surface area contributed by atoms with Crippen LogP contribution >= 0.6 is 0 Å². The number of rotatable bonds is 3. The van der Waals surface area contributed by atoms with Crippen LogP contribution in [0.4, 0.5) is 0 Å². The zero-order chi connectivity index (χ0) is 6.53. The molecule has 0 saturated heterocycles. The summed E-state index contributed by atoms with van der Waals surface area (Å²) in [5.74, 6) is 0.487. The summed E-state index contributed by atoms with van der Waals surface area (Å²) in [6.45, 7) is 0.972. The van der Waals surface area contributed by atoms with E-state index in [0.29, 0.717) is 19.0 Å². The molecule has 0 aliphatic carbocycles. The zero-order valence-electron chi connectivity index (χ0n) is 4.87. The Hall–Kier alpha value is -1.10. The van der Waals surface area contributed by atoms with Gasteiger partial charge in [-0.15, -0.1) is 5.10 Å². The van der Waals surface area contributed by atoms with E-state index in [4.69, 9.17) is 10.5 Å². The van der Waals surface area contributed by atoms with Crippen molar-refractivity contribution < 1.29 is 4.74 Å². The van der Waals surface area contributed by atoms with Crippen LogP contribution in [0.25, 0.3) is 0 Å². The van der Waals surface area contributed by atoms with E-state index < -0.39 is 0 Å². The predicted octanol–water partition coefficient (Wildman–Crippen LogP) is -0.858. The van der Waals surface area contributed by atoms with Crippen molar-refractivity contribution in [3.63, 3.8) is 0 Å². The van der Waals surface area contributed by atoms with Gasteiger partial charge >= 0.3 is 0 Å². The first-order valence-corrected chi connectivity index (χ1v) is 2.62. The van der Waals surface area contributed by atoms with Crippen LogP contribution < -0.4 is 10.5 Å². The Morgan fingerprint density at radius 2 is 2.67 bits per heavy atom. The van der Waals surface area contributed by atoms with Crippen molar-refractivity contribution in [2.75, 3.05) is 13.2 Å². The molecule has 9 heavy (non-hydrogen) atoms. The van der Waals surface area contributed by atoms with Crippen molar-refractivity contribution in [3.05, 3.63) is 6.20 Å². The number of aromatic amines is 1. The lowest BCUT2D eigenvalue weighted by molar-refractivity contribution is 0.315. The fourth-order valence-corrected chi connectivity index (χ4v) is 0.424. The lowest BCUT2D eigenvalue weighted by Gasteiger charge is -1.95. The van der Waals surface area contributed by atoms with E-state index in [9.17, 15) is 0 Å². The molecule has 1 aromatic heterocycles. The summed E-state index contributed by atoms with van der Waals surface area (Å²) < 4.78 is 4.97. The highest BCUT2D eigenvalue weighted by atomic mass is 16.5. The lowest BCUT2D eigenvalue weighted by atomic mass is 10.7. The van der Waals surface area contributed by atoms with E-state index in [1.807, 2.05) is 0 Å². The number of H-pyrrole nitrogens is 1. The number of hydrogen-bond donors (Lipinski definition) is 2. The molecule has 0 aliphatic heterocycles. The normalized spacial score (nSPS) is 9.44. The molecule has 0 aromatic carbocycles. The Morgan fingerprint density at radius 3 is 3.22 bits per heavy atom. The average Bonchev–Trinajstić information content (AvgIpc) is 2.34. The fourth-order valence-electron chi connectivity index (χ4n) is 0.424. The van der Waals surface area contributed by atoms with Gasteiger partial charge in [0.15, 0.2) is 0 Å². The van der Waals surface area contributed by atoms with Gasteiger partial charge in [0.25, 0.3) is 5.88 Å². The molecule has 1 heterocycles. The number of aromatic nitrogens is 3. The van der Waals surface area contributed by atoms with Crippen molar-refractivity contribution in [2.45, 2.75) is 0 Å². The topological polar surface area (TPSA) is 76.8 Å². The summed E-state index contributed by atoms with van der Waals surface area (Å²) in [5.41, 5.74) is 5.16. The third kappa shape index (κ3) is 1.69. The number of nitrogens with zero attached hydrogens (tertiary/aromatic N) is 2. The Kier molecular flexibility index (Phi) is 2.03. The zero-order valence-corrected chi connectivity index (χ0v) is 4.87. The molecule has 0 atom stereocenters. The third-order valence-electron chi connectivity index (χ3n) is 0.761. The maximum absolute atomic E-state index is 5.16. The van der Waals surface area contributed by atoms with Gasteiger partial charge in [-0.1, -0.05) is 0 Å². The fraction of sp³-hybridized carbons (Fsp3) is 0.500. The first-order chi connectivity index (χ1) is 4.43. The minimum Gasteiger partial charge on any atom is -0.474 e. The Balaban J connectivity index is 2.30. The minimum absolute atomic E-state index is 0.479. The van der Waals surface area contributed by atoms with Crippen LogP contribution in [0.2, 0.25) is 0 Å². The molecular weight excluding hydrogens is 120 g/mol. The Morgan fingerprint density at radius 1 is 1.78 bits per heavy atom. The third-order valence-corrected chi connectivity index (χ3v) is 0.761. The number of nitrogens with two attached hydrogens (primary N) is 1. The Bertz CT molecular complexity index is 150. The van der Waals surface area contributed by atoms with Gasteiger partial charge in [0.2, 0.25) is 0 Å². The van der Waals surface area contributed by atoms with Gasteiger partial charge in [-0.2, -0.15) is 10.3 Å². The molecule has 0 saturated carbocycles. The van der Waals surface area contributed by atoms with Crippen LogP contribution in [0.1, 0.15) is 0 Å². The molecular formula is C4H8N4O. The van der Waals surface area contributed by atoms with Crippen molar-refractivity contribution in [1.29, 1.82) is 0 Å². The van der Waals surface area contributed by atoms with Crippen molar-refractivity contribution in [3.8, 4) is 5.88 Å². The lowest BCUT2D eigenvalue weighted by Crippen LogP contribution is -2.10. The summed E-state index contributed by atoms with van der Waals surface area (Å²) >= 11 is 0. The van der Waals surface area contributed by atoms with Crippen LogP contribution in [0.15, 0.2) is 6.20 Å². The van der Waals surface area contributed by atoms with Gasteiger partial charge in [0.05, 0.1) is 0 Å².